The summed E-state index contributed by atoms with van der Waals surface area (Å²) in [6.07, 6.45) is 0.346. The summed E-state index contributed by atoms with van der Waals surface area (Å²) >= 11 is 0. The number of hydrogen-bond donors (Lipinski definition) is 2. The van der Waals surface area contributed by atoms with Gasteiger partial charge in [-0.05, 0) is 59.0 Å². The summed E-state index contributed by atoms with van der Waals surface area (Å²) < 4.78 is 0. The van der Waals surface area contributed by atoms with E-state index in [0.717, 1.165) is 16.8 Å². The van der Waals surface area contributed by atoms with E-state index >= 15 is 0 Å². The van der Waals surface area contributed by atoms with Gasteiger partial charge in [0.1, 0.15) is 5.78 Å². The number of ketones is 1. The Balaban J connectivity index is 1.42. The summed E-state index contributed by atoms with van der Waals surface area (Å²) in [5, 5.41) is 6.30. The molecule has 170 valence electrons. The van der Waals surface area contributed by atoms with Gasteiger partial charge < -0.3 is 10.6 Å². The van der Waals surface area contributed by atoms with Gasteiger partial charge in [0, 0.05) is 30.8 Å². The van der Waals surface area contributed by atoms with Crippen LogP contribution in [0.4, 0.5) is 5.69 Å². The third-order valence-corrected chi connectivity index (χ3v) is 5.71. The van der Waals surface area contributed by atoms with Gasteiger partial charge in [-0.3, -0.25) is 9.59 Å². The minimum atomic E-state index is -0.165. The Bertz CT molecular complexity index is 1250. The molecule has 0 saturated heterocycles. The highest BCUT2D eigenvalue weighted by Crippen LogP contribution is 2.26. The number of carbonyl (C=O) groups is 2. The van der Waals surface area contributed by atoms with Crippen molar-refractivity contribution in [2.75, 3.05) is 11.9 Å². The highest BCUT2D eigenvalue weighted by molar-refractivity contribution is 5.95. The number of hydrogen-bond acceptors (Lipinski definition) is 3. The summed E-state index contributed by atoms with van der Waals surface area (Å²) in [6, 6.07) is 34.7. The van der Waals surface area contributed by atoms with Crippen molar-refractivity contribution < 1.29 is 9.59 Å². The Kier molecular flexibility index (Phi) is 7.51. The van der Waals surface area contributed by atoms with Crippen LogP contribution in [0.1, 0.15) is 29.3 Å². The SMILES string of the molecule is CC(=O)CCNC(=O)c1ccc(-c2ccccc2CNc2ccc(-c3ccccc3)cc2)cc1. The maximum Gasteiger partial charge on any atom is 0.251 e. The quantitative estimate of drug-likeness (QED) is 0.314. The van der Waals surface area contributed by atoms with Crippen molar-refractivity contribution in [1.29, 1.82) is 0 Å². The monoisotopic (exact) mass is 448 g/mol. The average Bonchev–Trinajstić information content (AvgIpc) is 2.88. The third-order valence-electron chi connectivity index (χ3n) is 5.71. The molecule has 0 saturated carbocycles. The number of benzene rings is 4. The van der Waals surface area contributed by atoms with Gasteiger partial charge >= 0.3 is 0 Å². The molecule has 4 aromatic rings. The Morgan fingerprint density at radius 1 is 0.676 bits per heavy atom. The maximum absolute atomic E-state index is 12.3. The molecule has 4 heteroatoms. The summed E-state index contributed by atoms with van der Waals surface area (Å²) in [7, 11) is 0. The van der Waals surface area contributed by atoms with Crippen LogP contribution in [0.3, 0.4) is 0 Å². The van der Waals surface area contributed by atoms with Crippen molar-refractivity contribution in [1.82, 2.24) is 5.32 Å². The predicted octanol–water partition coefficient (Wildman–Crippen LogP) is 6.34. The molecule has 0 bridgehead atoms. The molecule has 0 atom stereocenters. The molecule has 0 fully saturated rings. The third kappa shape index (κ3) is 5.99. The molecule has 2 N–H and O–H groups in total. The zero-order chi connectivity index (χ0) is 23.8. The Morgan fingerprint density at radius 2 is 1.29 bits per heavy atom. The highest BCUT2D eigenvalue weighted by Gasteiger charge is 2.09. The van der Waals surface area contributed by atoms with Gasteiger partial charge in [-0.15, -0.1) is 0 Å². The lowest BCUT2D eigenvalue weighted by atomic mass is 9.98. The number of Topliss-reactive ketones (excluding diaryl/α,β-unsaturated/α-hetero) is 1. The first-order chi connectivity index (χ1) is 16.6. The molecule has 4 rings (SSSR count). The fraction of sp³-hybridized carbons (Fsp3) is 0.133. The summed E-state index contributed by atoms with van der Waals surface area (Å²) in [5.41, 5.74) is 7.39. The lowest BCUT2D eigenvalue weighted by Gasteiger charge is -2.13. The van der Waals surface area contributed by atoms with E-state index in [1.165, 1.54) is 23.6 Å². The summed E-state index contributed by atoms with van der Waals surface area (Å²) in [4.78, 5) is 23.3. The highest BCUT2D eigenvalue weighted by atomic mass is 16.1. The summed E-state index contributed by atoms with van der Waals surface area (Å²) in [5.74, 6) is -0.102. The van der Waals surface area contributed by atoms with Gasteiger partial charge in [0.2, 0.25) is 0 Å². The molecular weight excluding hydrogens is 420 g/mol. The Labute approximate surface area is 200 Å². The molecule has 4 nitrogen and oxygen atoms in total. The molecule has 34 heavy (non-hydrogen) atoms. The fourth-order valence-corrected chi connectivity index (χ4v) is 3.82. The first kappa shape index (κ1) is 23.0. The number of carbonyl (C=O) groups excluding carboxylic acids is 2. The first-order valence-corrected chi connectivity index (χ1v) is 11.5. The van der Waals surface area contributed by atoms with Crippen molar-refractivity contribution >= 4 is 17.4 Å². The van der Waals surface area contributed by atoms with Crippen LogP contribution < -0.4 is 10.6 Å². The second kappa shape index (κ2) is 11.1. The maximum atomic E-state index is 12.3. The van der Waals surface area contributed by atoms with Crippen molar-refractivity contribution in [2.45, 2.75) is 19.9 Å². The van der Waals surface area contributed by atoms with Gasteiger partial charge in [-0.2, -0.15) is 0 Å². The van der Waals surface area contributed by atoms with Crippen LogP contribution in [-0.4, -0.2) is 18.2 Å². The van der Waals surface area contributed by atoms with Crippen LogP contribution in [0, 0.1) is 0 Å². The van der Waals surface area contributed by atoms with E-state index in [1.54, 1.807) is 0 Å². The molecule has 0 heterocycles. The molecule has 0 aliphatic carbocycles. The molecule has 0 radical (unpaired) electrons. The van der Waals surface area contributed by atoms with E-state index in [4.69, 9.17) is 0 Å². The molecule has 0 unspecified atom stereocenters. The lowest BCUT2D eigenvalue weighted by Crippen LogP contribution is -2.25. The van der Waals surface area contributed by atoms with Crippen LogP contribution in [0.15, 0.2) is 103 Å². The van der Waals surface area contributed by atoms with Gasteiger partial charge in [0.25, 0.3) is 5.91 Å². The number of rotatable bonds is 9. The smallest absolute Gasteiger partial charge is 0.251 e. The van der Waals surface area contributed by atoms with Crippen molar-refractivity contribution in [2.24, 2.45) is 0 Å². The van der Waals surface area contributed by atoms with Gasteiger partial charge in [-0.25, -0.2) is 0 Å². The van der Waals surface area contributed by atoms with Crippen LogP contribution in [0.25, 0.3) is 22.3 Å². The Morgan fingerprint density at radius 3 is 2.00 bits per heavy atom. The molecule has 0 aromatic heterocycles. The van der Waals surface area contributed by atoms with Crippen LogP contribution in [0.5, 0.6) is 0 Å². The van der Waals surface area contributed by atoms with Crippen LogP contribution in [-0.2, 0) is 11.3 Å². The van der Waals surface area contributed by atoms with Gasteiger partial charge in [0.15, 0.2) is 0 Å². The number of amides is 1. The minimum Gasteiger partial charge on any atom is -0.381 e. The average molecular weight is 449 g/mol. The summed E-state index contributed by atoms with van der Waals surface area (Å²) in [6.45, 7) is 2.57. The largest absolute Gasteiger partial charge is 0.381 e. The normalized spacial score (nSPS) is 10.5. The second-order valence-corrected chi connectivity index (χ2v) is 8.24. The molecule has 0 aliphatic heterocycles. The van der Waals surface area contributed by atoms with E-state index in [1.807, 2.05) is 54.6 Å². The van der Waals surface area contributed by atoms with E-state index in [0.29, 0.717) is 25.1 Å². The first-order valence-electron chi connectivity index (χ1n) is 11.5. The van der Waals surface area contributed by atoms with Crippen LogP contribution >= 0.6 is 0 Å². The molecule has 0 aliphatic rings. The Hall–Kier alpha value is -4.18. The van der Waals surface area contributed by atoms with E-state index < -0.39 is 0 Å². The number of anilines is 1. The van der Waals surface area contributed by atoms with E-state index in [9.17, 15) is 9.59 Å². The zero-order valence-electron chi connectivity index (χ0n) is 19.3. The van der Waals surface area contributed by atoms with Crippen LogP contribution in [0.2, 0.25) is 0 Å². The zero-order valence-corrected chi connectivity index (χ0v) is 19.3. The molecule has 0 spiro atoms. The molecule has 4 aromatic carbocycles. The van der Waals surface area contributed by atoms with Crippen molar-refractivity contribution in [3.8, 4) is 22.3 Å². The van der Waals surface area contributed by atoms with E-state index in [-0.39, 0.29) is 11.7 Å². The second-order valence-electron chi connectivity index (χ2n) is 8.24. The fourth-order valence-electron chi connectivity index (χ4n) is 3.82. The van der Waals surface area contributed by atoms with Crippen molar-refractivity contribution in [3.63, 3.8) is 0 Å². The predicted molar refractivity (Wildman–Crippen MR) is 139 cm³/mol. The minimum absolute atomic E-state index is 0.0630. The molecular formula is C30H28N2O2. The molecule has 1 amide bonds. The standard InChI is InChI=1S/C30H28N2O2/c1-22(33)19-20-31-30(34)26-13-11-25(12-14-26)29-10-6-5-9-27(29)21-32-28-17-15-24(16-18-28)23-7-3-2-4-8-23/h2-18,32H,19-21H2,1H3,(H,31,34). The van der Waals surface area contributed by atoms with Gasteiger partial charge in [-0.1, -0.05) is 78.9 Å². The lowest BCUT2D eigenvalue weighted by molar-refractivity contribution is -0.116. The number of nitrogens with one attached hydrogen (secondary N) is 2. The van der Waals surface area contributed by atoms with Crippen molar-refractivity contribution in [3.05, 3.63) is 114 Å². The topological polar surface area (TPSA) is 58.2 Å². The van der Waals surface area contributed by atoms with Gasteiger partial charge in [0.05, 0.1) is 0 Å². The van der Waals surface area contributed by atoms with E-state index in [2.05, 4.69) is 59.2 Å².